The summed E-state index contributed by atoms with van der Waals surface area (Å²) in [5.74, 6) is 0. The van der Waals surface area contributed by atoms with Gasteiger partial charge >= 0.3 is 0 Å². The van der Waals surface area contributed by atoms with E-state index < -0.39 is 0 Å². The maximum absolute atomic E-state index is 9.67. The highest BCUT2D eigenvalue weighted by Crippen LogP contribution is 2.16. The Balaban J connectivity index is 2.26. The topological polar surface area (TPSA) is 46.2 Å². The fourth-order valence-corrected chi connectivity index (χ4v) is 2.02. The molecule has 1 rings (SSSR count). The monoisotopic (exact) mass is 185 g/mol. The van der Waals surface area contributed by atoms with Gasteiger partial charge in [-0.25, -0.2) is 0 Å². The predicted molar refractivity (Wildman–Crippen MR) is 55.5 cm³/mol. The molecule has 1 fully saturated rings. The maximum Gasteiger partial charge on any atom is 0.0691 e. The van der Waals surface area contributed by atoms with Crippen LogP contribution in [-0.4, -0.2) is 17.3 Å². The molecule has 0 heterocycles. The van der Waals surface area contributed by atoms with Crippen LogP contribution in [0.25, 0.3) is 0 Å². The minimum atomic E-state index is -0.252. The minimum absolute atomic E-state index is 0.0260. The van der Waals surface area contributed by atoms with Crippen molar-refractivity contribution in [1.29, 1.82) is 0 Å². The number of hydrogen-bond donors (Lipinski definition) is 2. The molecule has 0 spiro atoms. The molecule has 78 valence electrons. The molecule has 0 aliphatic heterocycles. The van der Waals surface area contributed by atoms with Crippen LogP contribution in [-0.2, 0) is 0 Å². The Morgan fingerprint density at radius 2 is 1.23 bits per heavy atom. The summed E-state index contributed by atoms with van der Waals surface area (Å²) in [5, 5.41) is 9.67. The van der Waals surface area contributed by atoms with E-state index in [0.717, 1.165) is 19.3 Å². The lowest BCUT2D eigenvalue weighted by Gasteiger charge is -2.17. The molecule has 0 saturated heterocycles. The van der Waals surface area contributed by atoms with Crippen LogP contribution in [0.1, 0.15) is 57.8 Å². The highest BCUT2D eigenvalue weighted by molar-refractivity contribution is 4.72. The first-order valence-electron chi connectivity index (χ1n) is 5.74. The lowest BCUT2D eigenvalue weighted by atomic mass is 10.0. The van der Waals surface area contributed by atoms with Crippen LogP contribution in [0.4, 0.5) is 0 Å². The van der Waals surface area contributed by atoms with Crippen molar-refractivity contribution in [2.45, 2.75) is 69.9 Å². The van der Waals surface area contributed by atoms with Crippen LogP contribution in [0.5, 0.6) is 0 Å². The van der Waals surface area contributed by atoms with Gasteiger partial charge < -0.3 is 10.8 Å². The molecule has 0 aromatic carbocycles. The summed E-state index contributed by atoms with van der Waals surface area (Å²) in [6, 6.07) is 0.0260. The smallest absolute Gasteiger partial charge is 0.0691 e. The first-order chi connectivity index (χ1) is 6.30. The summed E-state index contributed by atoms with van der Waals surface area (Å²) in [4.78, 5) is 0. The zero-order chi connectivity index (χ0) is 9.52. The van der Waals surface area contributed by atoms with Crippen molar-refractivity contribution in [3.8, 4) is 0 Å². The fraction of sp³-hybridized carbons (Fsp3) is 1.00. The number of aliphatic hydroxyl groups is 1. The Kier molecular flexibility index (Phi) is 5.40. The first kappa shape index (κ1) is 11.0. The molecule has 13 heavy (non-hydrogen) atoms. The lowest BCUT2D eigenvalue weighted by Crippen LogP contribution is -2.34. The van der Waals surface area contributed by atoms with Crippen molar-refractivity contribution < 1.29 is 5.11 Å². The van der Waals surface area contributed by atoms with Crippen molar-refractivity contribution in [2.24, 2.45) is 5.73 Å². The fourth-order valence-electron chi connectivity index (χ4n) is 2.02. The van der Waals surface area contributed by atoms with Crippen LogP contribution in [0.15, 0.2) is 0 Å². The largest absolute Gasteiger partial charge is 0.392 e. The summed E-state index contributed by atoms with van der Waals surface area (Å²) >= 11 is 0. The number of nitrogens with two attached hydrogens (primary N) is 1. The summed E-state index contributed by atoms with van der Waals surface area (Å²) in [6.45, 7) is 0. The van der Waals surface area contributed by atoms with Crippen molar-refractivity contribution in [3.05, 3.63) is 0 Å². The number of rotatable bonds is 0. The molecule has 1 saturated carbocycles. The zero-order valence-electron chi connectivity index (χ0n) is 8.54. The zero-order valence-corrected chi connectivity index (χ0v) is 8.54. The SMILES string of the molecule is NC1CCCCCCCCC[C@H]1O. The maximum atomic E-state index is 9.67. The van der Waals surface area contributed by atoms with Crippen molar-refractivity contribution in [1.82, 2.24) is 0 Å². The van der Waals surface area contributed by atoms with Crippen molar-refractivity contribution in [3.63, 3.8) is 0 Å². The van der Waals surface area contributed by atoms with E-state index in [4.69, 9.17) is 5.73 Å². The van der Waals surface area contributed by atoms with E-state index in [0.29, 0.717) is 0 Å². The van der Waals surface area contributed by atoms with Gasteiger partial charge in [-0.2, -0.15) is 0 Å². The van der Waals surface area contributed by atoms with E-state index in [1.807, 2.05) is 0 Å². The van der Waals surface area contributed by atoms with Gasteiger partial charge in [0.25, 0.3) is 0 Å². The Morgan fingerprint density at radius 3 is 1.85 bits per heavy atom. The molecule has 2 heteroatoms. The first-order valence-corrected chi connectivity index (χ1v) is 5.74. The lowest BCUT2D eigenvalue weighted by molar-refractivity contribution is 0.127. The molecule has 2 nitrogen and oxygen atoms in total. The molecule has 3 N–H and O–H groups in total. The normalized spacial score (nSPS) is 33.7. The third-order valence-electron chi connectivity index (χ3n) is 3.03. The van der Waals surface area contributed by atoms with Crippen molar-refractivity contribution in [2.75, 3.05) is 0 Å². The van der Waals surface area contributed by atoms with E-state index in [9.17, 15) is 5.11 Å². The van der Waals surface area contributed by atoms with Gasteiger partial charge in [0.1, 0.15) is 0 Å². The van der Waals surface area contributed by atoms with Gasteiger partial charge in [-0.3, -0.25) is 0 Å². The molecular weight excluding hydrogens is 162 g/mol. The van der Waals surface area contributed by atoms with E-state index >= 15 is 0 Å². The molecule has 0 bridgehead atoms. The summed E-state index contributed by atoms with van der Waals surface area (Å²) in [5.41, 5.74) is 5.87. The van der Waals surface area contributed by atoms with Gasteiger partial charge in [-0.1, -0.05) is 44.9 Å². The Hall–Kier alpha value is -0.0800. The van der Waals surface area contributed by atoms with Gasteiger partial charge in [0.2, 0.25) is 0 Å². The van der Waals surface area contributed by atoms with E-state index in [1.165, 1.54) is 38.5 Å². The second-order valence-electron chi connectivity index (χ2n) is 4.28. The number of aliphatic hydroxyl groups excluding tert-OH is 1. The predicted octanol–water partition coefficient (Wildman–Crippen LogP) is 2.20. The molecule has 0 amide bonds. The third-order valence-corrected chi connectivity index (χ3v) is 3.03. The van der Waals surface area contributed by atoms with E-state index in [1.54, 1.807) is 0 Å². The van der Waals surface area contributed by atoms with Crippen LogP contribution in [0, 0.1) is 0 Å². The van der Waals surface area contributed by atoms with Gasteiger partial charge in [-0.15, -0.1) is 0 Å². The van der Waals surface area contributed by atoms with Crippen LogP contribution < -0.4 is 5.73 Å². The second-order valence-corrected chi connectivity index (χ2v) is 4.28. The summed E-state index contributed by atoms with van der Waals surface area (Å²) in [7, 11) is 0. The molecule has 0 aromatic rings. The quantitative estimate of drug-likeness (QED) is 0.607. The van der Waals surface area contributed by atoms with Crippen LogP contribution in [0.3, 0.4) is 0 Å². The Labute approximate surface area is 81.5 Å². The van der Waals surface area contributed by atoms with E-state index in [2.05, 4.69) is 0 Å². The Bertz CT molecular complexity index is 113. The molecule has 0 aromatic heterocycles. The van der Waals surface area contributed by atoms with Gasteiger partial charge in [0.05, 0.1) is 6.10 Å². The second kappa shape index (κ2) is 6.39. The standard InChI is InChI=1S/C11H23NO/c12-10-8-6-4-2-1-3-5-7-9-11(10)13/h10-11,13H,1-9,12H2/t10?,11-/m1/s1. The molecule has 1 aliphatic rings. The highest BCUT2D eigenvalue weighted by atomic mass is 16.3. The molecular formula is C11H23NO. The Morgan fingerprint density at radius 1 is 0.769 bits per heavy atom. The van der Waals surface area contributed by atoms with Gasteiger partial charge in [-0.05, 0) is 12.8 Å². The molecule has 0 radical (unpaired) electrons. The van der Waals surface area contributed by atoms with Crippen LogP contribution in [0.2, 0.25) is 0 Å². The molecule has 1 aliphatic carbocycles. The van der Waals surface area contributed by atoms with Gasteiger partial charge in [0.15, 0.2) is 0 Å². The summed E-state index contributed by atoms with van der Waals surface area (Å²) in [6.07, 6.45) is 10.6. The van der Waals surface area contributed by atoms with E-state index in [-0.39, 0.29) is 12.1 Å². The minimum Gasteiger partial charge on any atom is -0.392 e. The summed E-state index contributed by atoms with van der Waals surface area (Å²) < 4.78 is 0. The number of hydrogen-bond acceptors (Lipinski definition) is 2. The molecule has 2 atom stereocenters. The average Bonchev–Trinajstić information content (AvgIpc) is 2.16. The average molecular weight is 185 g/mol. The van der Waals surface area contributed by atoms with Gasteiger partial charge in [0, 0.05) is 6.04 Å². The molecule has 1 unspecified atom stereocenters. The highest BCUT2D eigenvalue weighted by Gasteiger charge is 2.14. The van der Waals surface area contributed by atoms with Crippen LogP contribution >= 0.6 is 0 Å². The third kappa shape index (κ3) is 4.63. The van der Waals surface area contributed by atoms with Crippen molar-refractivity contribution >= 4 is 0 Å².